The minimum absolute atomic E-state index is 0.321. The smallest absolute Gasteiger partial charge is 0.211 e. The SMILES string of the molecule is CC[C@H](C=O)[C@@H](C[N+](=O)[O-])c1ccc(Cl)cc1Cl. The molecule has 0 aliphatic rings. The van der Waals surface area contributed by atoms with Gasteiger partial charge in [0, 0.05) is 20.9 Å². The van der Waals surface area contributed by atoms with Crippen LogP contribution in [0.15, 0.2) is 18.2 Å². The molecule has 0 bridgehead atoms. The average molecular weight is 290 g/mol. The first kappa shape index (κ1) is 14.9. The molecule has 18 heavy (non-hydrogen) atoms. The lowest BCUT2D eigenvalue weighted by Crippen LogP contribution is -2.22. The second-order valence-electron chi connectivity index (χ2n) is 4.00. The minimum atomic E-state index is -0.521. The molecular formula is C12H13Cl2NO3. The average Bonchev–Trinajstić information content (AvgIpc) is 2.29. The van der Waals surface area contributed by atoms with Gasteiger partial charge < -0.3 is 4.79 Å². The molecular weight excluding hydrogens is 277 g/mol. The molecule has 2 atom stereocenters. The molecule has 0 spiro atoms. The molecule has 0 saturated heterocycles. The van der Waals surface area contributed by atoms with Crippen molar-refractivity contribution in [3.05, 3.63) is 43.9 Å². The van der Waals surface area contributed by atoms with Gasteiger partial charge in [-0.15, -0.1) is 0 Å². The van der Waals surface area contributed by atoms with Crippen molar-refractivity contribution >= 4 is 29.5 Å². The van der Waals surface area contributed by atoms with Gasteiger partial charge >= 0.3 is 0 Å². The lowest BCUT2D eigenvalue weighted by Gasteiger charge is -2.19. The topological polar surface area (TPSA) is 60.2 Å². The van der Waals surface area contributed by atoms with Crippen molar-refractivity contribution in [2.24, 2.45) is 5.92 Å². The molecule has 0 unspecified atom stereocenters. The maximum atomic E-state index is 11.0. The maximum Gasteiger partial charge on any atom is 0.211 e. The third-order valence-electron chi connectivity index (χ3n) is 2.87. The summed E-state index contributed by atoms with van der Waals surface area (Å²) >= 11 is 11.8. The van der Waals surface area contributed by atoms with E-state index in [0.717, 1.165) is 6.29 Å². The van der Waals surface area contributed by atoms with Gasteiger partial charge in [-0.25, -0.2) is 0 Å². The van der Waals surface area contributed by atoms with Crippen molar-refractivity contribution in [3.8, 4) is 0 Å². The van der Waals surface area contributed by atoms with E-state index in [1.54, 1.807) is 12.1 Å². The second kappa shape index (κ2) is 6.71. The third-order valence-corrected chi connectivity index (χ3v) is 3.43. The summed E-state index contributed by atoms with van der Waals surface area (Å²) in [7, 11) is 0. The Hall–Kier alpha value is -1.13. The zero-order chi connectivity index (χ0) is 13.7. The Balaban J connectivity index is 3.15. The van der Waals surface area contributed by atoms with Crippen molar-refractivity contribution in [2.75, 3.05) is 6.54 Å². The van der Waals surface area contributed by atoms with Gasteiger partial charge in [-0.2, -0.15) is 0 Å². The first-order chi connectivity index (χ1) is 8.49. The first-order valence-corrected chi connectivity index (χ1v) is 6.27. The Morgan fingerprint density at radius 2 is 2.11 bits per heavy atom. The zero-order valence-electron chi connectivity index (χ0n) is 9.81. The van der Waals surface area contributed by atoms with Crippen LogP contribution in [0, 0.1) is 16.0 Å². The van der Waals surface area contributed by atoms with Crippen molar-refractivity contribution in [3.63, 3.8) is 0 Å². The number of nitro groups is 1. The highest BCUT2D eigenvalue weighted by Gasteiger charge is 2.28. The number of aldehydes is 1. The quantitative estimate of drug-likeness (QED) is 0.457. The third kappa shape index (κ3) is 3.68. The fourth-order valence-corrected chi connectivity index (χ4v) is 2.45. The normalized spacial score (nSPS) is 13.9. The molecule has 0 heterocycles. The van der Waals surface area contributed by atoms with Gasteiger partial charge in [0.2, 0.25) is 6.54 Å². The Labute approximate surface area is 115 Å². The van der Waals surface area contributed by atoms with Crippen molar-refractivity contribution < 1.29 is 9.72 Å². The van der Waals surface area contributed by atoms with Crippen molar-refractivity contribution in [1.29, 1.82) is 0 Å². The highest BCUT2D eigenvalue weighted by molar-refractivity contribution is 6.35. The van der Waals surface area contributed by atoms with E-state index >= 15 is 0 Å². The number of nitrogens with zero attached hydrogens (tertiary/aromatic N) is 1. The molecule has 1 rings (SSSR count). The van der Waals surface area contributed by atoms with Gasteiger partial charge in [0.1, 0.15) is 6.29 Å². The van der Waals surface area contributed by atoms with E-state index in [-0.39, 0.29) is 6.54 Å². The number of hydrogen-bond donors (Lipinski definition) is 0. The molecule has 0 aliphatic heterocycles. The van der Waals surface area contributed by atoms with Crippen LogP contribution in [-0.2, 0) is 4.79 Å². The summed E-state index contributed by atoms with van der Waals surface area (Å²) in [5, 5.41) is 11.5. The number of rotatable bonds is 6. The lowest BCUT2D eigenvalue weighted by atomic mass is 9.85. The number of carbonyl (C=O) groups excluding carboxylic acids is 1. The Kier molecular flexibility index (Phi) is 5.56. The van der Waals surface area contributed by atoms with E-state index < -0.39 is 16.8 Å². The Bertz CT molecular complexity index is 451. The zero-order valence-corrected chi connectivity index (χ0v) is 11.3. The molecule has 0 amide bonds. The number of halogens is 2. The molecule has 4 nitrogen and oxygen atoms in total. The van der Waals surface area contributed by atoms with Gasteiger partial charge in [0.15, 0.2) is 0 Å². The van der Waals surface area contributed by atoms with Gasteiger partial charge in [-0.3, -0.25) is 10.1 Å². The molecule has 6 heteroatoms. The fraction of sp³-hybridized carbons (Fsp3) is 0.417. The van der Waals surface area contributed by atoms with Crippen LogP contribution in [0.2, 0.25) is 10.0 Å². The summed E-state index contributed by atoms with van der Waals surface area (Å²) < 4.78 is 0. The highest BCUT2D eigenvalue weighted by Crippen LogP contribution is 2.33. The van der Waals surface area contributed by atoms with Gasteiger partial charge in [0.25, 0.3) is 0 Å². The van der Waals surface area contributed by atoms with E-state index in [1.165, 1.54) is 6.07 Å². The van der Waals surface area contributed by atoms with Crippen LogP contribution < -0.4 is 0 Å². The van der Waals surface area contributed by atoms with E-state index in [2.05, 4.69) is 0 Å². The van der Waals surface area contributed by atoms with E-state index in [4.69, 9.17) is 23.2 Å². The Morgan fingerprint density at radius 1 is 1.44 bits per heavy atom. The molecule has 0 radical (unpaired) electrons. The van der Waals surface area contributed by atoms with Crippen LogP contribution in [0.1, 0.15) is 24.8 Å². The summed E-state index contributed by atoms with van der Waals surface area (Å²) in [4.78, 5) is 21.3. The monoisotopic (exact) mass is 289 g/mol. The predicted octanol–water partition coefficient (Wildman–Crippen LogP) is 3.58. The molecule has 0 fully saturated rings. The largest absolute Gasteiger partial charge is 0.303 e. The Morgan fingerprint density at radius 3 is 2.56 bits per heavy atom. The summed E-state index contributed by atoms with van der Waals surface area (Å²) in [5.41, 5.74) is 0.594. The molecule has 1 aromatic rings. The highest BCUT2D eigenvalue weighted by atomic mass is 35.5. The van der Waals surface area contributed by atoms with Gasteiger partial charge in [-0.1, -0.05) is 36.2 Å². The van der Waals surface area contributed by atoms with Crippen LogP contribution in [-0.4, -0.2) is 17.8 Å². The molecule has 0 aliphatic carbocycles. The lowest BCUT2D eigenvalue weighted by molar-refractivity contribution is -0.484. The van der Waals surface area contributed by atoms with Crippen LogP contribution in [0.25, 0.3) is 0 Å². The summed E-state index contributed by atoms with van der Waals surface area (Å²) in [6.07, 6.45) is 1.28. The van der Waals surface area contributed by atoms with Crippen LogP contribution in [0.3, 0.4) is 0 Å². The van der Waals surface area contributed by atoms with Crippen LogP contribution in [0.4, 0.5) is 0 Å². The minimum Gasteiger partial charge on any atom is -0.303 e. The number of benzene rings is 1. The van der Waals surface area contributed by atoms with Gasteiger partial charge in [-0.05, 0) is 24.1 Å². The summed E-state index contributed by atoms with van der Waals surface area (Å²) in [6, 6.07) is 4.79. The van der Waals surface area contributed by atoms with E-state index in [1.807, 2.05) is 6.92 Å². The van der Waals surface area contributed by atoms with Crippen LogP contribution in [0.5, 0.6) is 0 Å². The van der Waals surface area contributed by atoms with Crippen molar-refractivity contribution in [1.82, 2.24) is 0 Å². The molecule has 0 aromatic heterocycles. The van der Waals surface area contributed by atoms with Crippen molar-refractivity contribution in [2.45, 2.75) is 19.3 Å². The summed E-state index contributed by atoms with van der Waals surface area (Å²) in [5.74, 6) is -0.943. The molecule has 0 N–H and O–H groups in total. The first-order valence-electron chi connectivity index (χ1n) is 5.51. The number of carbonyl (C=O) groups is 1. The molecule has 98 valence electrons. The number of hydrogen-bond acceptors (Lipinski definition) is 3. The maximum absolute atomic E-state index is 11.0. The second-order valence-corrected chi connectivity index (χ2v) is 4.84. The predicted molar refractivity (Wildman–Crippen MR) is 70.9 cm³/mol. The molecule has 0 saturated carbocycles. The molecule has 1 aromatic carbocycles. The standard InChI is InChI=1S/C12H13Cl2NO3/c1-2-8(7-16)11(6-15(17)18)10-4-3-9(13)5-12(10)14/h3-5,7-8,11H,2,6H2,1H3/t8-,11-/m1/s1. The van der Waals surface area contributed by atoms with Gasteiger partial charge in [0.05, 0.1) is 5.92 Å². The fourth-order valence-electron chi connectivity index (χ4n) is 1.90. The van der Waals surface area contributed by atoms with Crippen LogP contribution >= 0.6 is 23.2 Å². The van der Waals surface area contributed by atoms with E-state index in [9.17, 15) is 14.9 Å². The summed E-state index contributed by atoms with van der Waals surface area (Å²) in [6.45, 7) is 1.49. The van der Waals surface area contributed by atoms with E-state index in [0.29, 0.717) is 22.0 Å².